The molecule has 1 atom stereocenters. The zero-order valence-electron chi connectivity index (χ0n) is 8.93. The lowest BCUT2D eigenvalue weighted by Gasteiger charge is -2.23. The minimum absolute atomic E-state index is 0. The SMILES string of the molecule is COC(=O)c1ccc2c(c1)[C@H](N)CCO2.Cl. The Hall–Kier alpha value is -1.26. The van der Waals surface area contributed by atoms with Crippen LogP contribution in [0.25, 0.3) is 0 Å². The number of carbonyl (C=O) groups is 1. The summed E-state index contributed by atoms with van der Waals surface area (Å²) in [7, 11) is 1.36. The van der Waals surface area contributed by atoms with Crippen LogP contribution in [0.3, 0.4) is 0 Å². The van der Waals surface area contributed by atoms with Gasteiger partial charge in [0, 0.05) is 18.0 Å². The molecule has 0 saturated heterocycles. The number of fused-ring (bicyclic) bond motifs is 1. The van der Waals surface area contributed by atoms with Crippen molar-refractivity contribution in [3.63, 3.8) is 0 Å². The first kappa shape index (κ1) is 12.8. The van der Waals surface area contributed by atoms with Crippen molar-refractivity contribution < 1.29 is 14.3 Å². The van der Waals surface area contributed by atoms with E-state index in [0.29, 0.717) is 12.2 Å². The third-order valence-electron chi connectivity index (χ3n) is 2.52. The minimum Gasteiger partial charge on any atom is -0.493 e. The highest BCUT2D eigenvalue weighted by atomic mass is 35.5. The Kier molecular flexibility index (Phi) is 4.15. The Labute approximate surface area is 100 Å². The maximum atomic E-state index is 11.3. The number of nitrogens with two attached hydrogens (primary N) is 1. The minimum atomic E-state index is -0.351. The van der Waals surface area contributed by atoms with E-state index in [1.807, 2.05) is 0 Å². The number of hydrogen-bond acceptors (Lipinski definition) is 4. The summed E-state index contributed by atoms with van der Waals surface area (Å²) in [6.45, 7) is 0.631. The van der Waals surface area contributed by atoms with Gasteiger partial charge in [-0.25, -0.2) is 4.79 Å². The molecule has 16 heavy (non-hydrogen) atoms. The van der Waals surface area contributed by atoms with E-state index in [2.05, 4.69) is 4.74 Å². The molecule has 0 radical (unpaired) electrons. The van der Waals surface area contributed by atoms with Gasteiger partial charge in [-0.1, -0.05) is 0 Å². The third-order valence-corrected chi connectivity index (χ3v) is 2.52. The molecule has 0 aliphatic carbocycles. The second kappa shape index (κ2) is 5.18. The summed E-state index contributed by atoms with van der Waals surface area (Å²) < 4.78 is 10.1. The van der Waals surface area contributed by atoms with Crippen LogP contribution < -0.4 is 10.5 Å². The number of hydrogen-bond donors (Lipinski definition) is 1. The van der Waals surface area contributed by atoms with Crippen LogP contribution in [0.15, 0.2) is 18.2 Å². The first-order valence-electron chi connectivity index (χ1n) is 4.83. The largest absolute Gasteiger partial charge is 0.493 e. The van der Waals surface area contributed by atoms with Crippen molar-refractivity contribution in [3.05, 3.63) is 29.3 Å². The zero-order chi connectivity index (χ0) is 10.8. The van der Waals surface area contributed by atoms with E-state index in [0.717, 1.165) is 17.7 Å². The zero-order valence-corrected chi connectivity index (χ0v) is 9.75. The van der Waals surface area contributed by atoms with Crippen molar-refractivity contribution in [2.24, 2.45) is 5.73 Å². The van der Waals surface area contributed by atoms with Gasteiger partial charge in [-0.05, 0) is 18.2 Å². The Morgan fingerprint density at radius 3 is 3.00 bits per heavy atom. The number of rotatable bonds is 1. The lowest BCUT2D eigenvalue weighted by molar-refractivity contribution is 0.0600. The highest BCUT2D eigenvalue weighted by Crippen LogP contribution is 2.31. The van der Waals surface area contributed by atoms with Crippen LogP contribution >= 0.6 is 12.4 Å². The molecule has 1 aromatic rings. The predicted molar refractivity (Wildman–Crippen MR) is 62.1 cm³/mol. The van der Waals surface area contributed by atoms with Crippen LogP contribution in [0.2, 0.25) is 0 Å². The average Bonchev–Trinajstić information content (AvgIpc) is 2.28. The Bertz CT molecular complexity index is 395. The van der Waals surface area contributed by atoms with Crippen molar-refractivity contribution in [1.29, 1.82) is 0 Å². The molecule has 88 valence electrons. The molecule has 1 aliphatic heterocycles. The smallest absolute Gasteiger partial charge is 0.337 e. The quantitative estimate of drug-likeness (QED) is 0.763. The molecule has 0 amide bonds. The second-order valence-electron chi connectivity index (χ2n) is 3.49. The molecule has 5 heteroatoms. The Balaban J connectivity index is 0.00000128. The molecule has 2 N–H and O–H groups in total. The molecule has 0 unspecified atom stereocenters. The monoisotopic (exact) mass is 243 g/mol. The van der Waals surface area contributed by atoms with Gasteiger partial charge in [0.25, 0.3) is 0 Å². The van der Waals surface area contributed by atoms with Crippen LogP contribution in [0, 0.1) is 0 Å². The maximum absolute atomic E-state index is 11.3. The van der Waals surface area contributed by atoms with Gasteiger partial charge in [-0.2, -0.15) is 0 Å². The first-order valence-corrected chi connectivity index (χ1v) is 4.83. The van der Waals surface area contributed by atoms with Gasteiger partial charge in [-0.15, -0.1) is 12.4 Å². The highest BCUT2D eigenvalue weighted by Gasteiger charge is 2.19. The summed E-state index contributed by atoms with van der Waals surface area (Å²) in [5, 5.41) is 0. The third kappa shape index (κ3) is 2.28. The molecule has 0 aromatic heterocycles. The summed E-state index contributed by atoms with van der Waals surface area (Å²) in [4.78, 5) is 11.3. The first-order chi connectivity index (χ1) is 7.22. The van der Waals surface area contributed by atoms with E-state index in [-0.39, 0.29) is 24.4 Å². The van der Waals surface area contributed by atoms with Gasteiger partial charge in [0.1, 0.15) is 5.75 Å². The number of methoxy groups -OCH3 is 1. The van der Waals surface area contributed by atoms with E-state index in [9.17, 15) is 4.79 Å². The van der Waals surface area contributed by atoms with Gasteiger partial charge in [0.05, 0.1) is 19.3 Å². The van der Waals surface area contributed by atoms with Crippen LogP contribution in [-0.4, -0.2) is 19.7 Å². The van der Waals surface area contributed by atoms with Gasteiger partial charge in [-0.3, -0.25) is 0 Å². The molecule has 0 saturated carbocycles. The van der Waals surface area contributed by atoms with Gasteiger partial charge < -0.3 is 15.2 Å². The van der Waals surface area contributed by atoms with Crippen molar-refractivity contribution in [1.82, 2.24) is 0 Å². The highest BCUT2D eigenvalue weighted by molar-refractivity contribution is 5.89. The fraction of sp³-hybridized carbons (Fsp3) is 0.364. The van der Waals surface area contributed by atoms with E-state index >= 15 is 0 Å². The van der Waals surface area contributed by atoms with Crippen LogP contribution in [0.1, 0.15) is 28.4 Å². The molecule has 0 bridgehead atoms. The average molecular weight is 244 g/mol. The molecule has 4 nitrogen and oxygen atoms in total. The summed E-state index contributed by atoms with van der Waals surface area (Å²) in [6.07, 6.45) is 0.775. The van der Waals surface area contributed by atoms with Crippen molar-refractivity contribution in [2.75, 3.05) is 13.7 Å². The lowest BCUT2D eigenvalue weighted by Crippen LogP contribution is -2.21. The maximum Gasteiger partial charge on any atom is 0.337 e. The van der Waals surface area contributed by atoms with E-state index < -0.39 is 0 Å². The normalized spacial score (nSPS) is 17.8. The summed E-state index contributed by atoms with van der Waals surface area (Å²) in [5.41, 5.74) is 7.31. The lowest BCUT2D eigenvalue weighted by atomic mass is 9.99. The number of benzene rings is 1. The Morgan fingerprint density at radius 1 is 1.56 bits per heavy atom. The molecule has 1 aliphatic rings. The fourth-order valence-corrected chi connectivity index (χ4v) is 1.67. The number of ether oxygens (including phenoxy) is 2. The molecule has 1 heterocycles. The van der Waals surface area contributed by atoms with E-state index in [4.69, 9.17) is 10.5 Å². The van der Waals surface area contributed by atoms with Gasteiger partial charge in [0.2, 0.25) is 0 Å². The molecule has 0 spiro atoms. The number of esters is 1. The molecular weight excluding hydrogens is 230 g/mol. The molecular formula is C11H14ClNO3. The molecule has 0 fully saturated rings. The van der Waals surface area contributed by atoms with Crippen LogP contribution in [-0.2, 0) is 4.74 Å². The van der Waals surface area contributed by atoms with E-state index in [1.54, 1.807) is 18.2 Å². The number of halogens is 1. The topological polar surface area (TPSA) is 61.5 Å². The molecule has 2 rings (SSSR count). The van der Waals surface area contributed by atoms with Gasteiger partial charge >= 0.3 is 5.97 Å². The van der Waals surface area contributed by atoms with Crippen molar-refractivity contribution >= 4 is 18.4 Å². The van der Waals surface area contributed by atoms with Crippen LogP contribution in [0.4, 0.5) is 0 Å². The van der Waals surface area contributed by atoms with Crippen molar-refractivity contribution in [3.8, 4) is 5.75 Å². The second-order valence-corrected chi connectivity index (χ2v) is 3.49. The number of carbonyl (C=O) groups excluding carboxylic acids is 1. The summed E-state index contributed by atoms with van der Waals surface area (Å²) in [5.74, 6) is 0.414. The fourth-order valence-electron chi connectivity index (χ4n) is 1.67. The summed E-state index contributed by atoms with van der Waals surface area (Å²) >= 11 is 0. The van der Waals surface area contributed by atoms with Gasteiger partial charge in [0.15, 0.2) is 0 Å². The molecule has 1 aromatic carbocycles. The summed E-state index contributed by atoms with van der Waals surface area (Å²) in [6, 6.07) is 5.13. The van der Waals surface area contributed by atoms with E-state index in [1.165, 1.54) is 7.11 Å². The van der Waals surface area contributed by atoms with Crippen molar-refractivity contribution in [2.45, 2.75) is 12.5 Å². The predicted octanol–water partition coefficient (Wildman–Crippen LogP) is 1.68. The Morgan fingerprint density at radius 2 is 2.31 bits per heavy atom. The standard InChI is InChI=1S/C11H13NO3.ClH/c1-14-11(13)7-2-3-10-8(6-7)9(12)4-5-15-10;/h2-3,6,9H,4-5,12H2,1H3;1H/t9-;/m1./s1. The van der Waals surface area contributed by atoms with Crippen LogP contribution in [0.5, 0.6) is 5.75 Å².